The standard InChI is InChI=1S/C19H26N2O4/c1-3-5-10-21-11-15(18(23)24-4-2)19(12-21)13-25-16-9-7-6-8-14(16)17(22)20-19/h6-9,15H,3-5,10-13H2,1-2H3,(H,20,22)/t15-,19-/m0/s1. The van der Waals surface area contributed by atoms with Crippen LogP contribution in [-0.4, -0.2) is 55.2 Å². The lowest BCUT2D eigenvalue weighted by molar-refractivity contribution is -0.150. The molecule has 1 amide bonds. The zero-order chi connectivity index (χ0) is 17.9. The number of amides is 1. The van der Waals surface area contributed by atoms with Gasteiger partial charge in [-0.1, -0.05) is 25.5 Å². The molecule has 1 spiro atoms. The predicted octanol–water partition coefficient (Wildman–Crippen LogP) is 1.84. The Labute approximate surface area is 148 Å². The minimum absolute atomic E-state index is 0.195. The van der Waals surface area contributed by atoms with E-state index in [1.807, 2.05) is 12.1 Å². The highest BCUT2D eigenvalue weighted by Crippen LogP contribution is 2.34. The van der Waals surface area contributed by atoms with Crippen LogP contribution in [0.25, 0.3) is 0 Å². The van der Waals surface area contributed by atoms with Crippen molar-refractivity contribution >= 4 is 11.9 Å². The number of hydrogen-bond acceptors (Lipinski definition) is 5. The van der Waals surface area contributed by atoms with Gasteiger partial charge in [0, 0.05) is 13.1 Å². The van der Waals surface area contributed by atoms with Gasteiger partial charge in [0.2, 0.25) is 0 Å². The average molecular weight is 346 g/mol. The number of para-hydroxylation sites is 1. The van der Waals surface area contributed by atoms with Gasteiger partial charge in [0.25, 0.3) is 5.91 Å². The maximum absolute atomic E-state index is 12.8. The quantitative estimate of drug-likeness (QED) is 0.824. The van der Waals surface area contributed by atoms with Crippen LogP contribution in [0.15, 0.2) is 24.3 Å². The summed E-state index contributed by atoms with van der Waals surface area (Å²) in [6, 6.07) is 7.18. The first-order valence-electron chi connectivity index (χ1n) is 9.03. The van der Waals surface area contributed by atoms with Crippen LogP contribution in [0.1, 0.15) is 37.0 Å². The molecular formula is C19H26N2O4. The van der Waals surface area contributed by atoms with Gasteiger partial charge in [0.15, 0.2) is 0 Å². The number of benzene rings is 1. The number of fused-ring (bicyclic) bond motifs is 1. The Kier molecular flexibility index (Phi) is 5.27. The van der Waals surface area contributed by atoms with E-state index in [9.17, 15) is 9.59 Å². The number of nitrogens with one attached hydrogen (secondary N) is 1. The monoisotopic (exact) mass is 346 g/mol. The second-order valence-electron chi connectivity index (χ2n) is 6.79. The number of carbonyl (C=O) groups excluding carboxylic acids is 2. The van der Waals surface area contributed by atoms with Gasteiger partial charge < -0.3 is 14.8 Å². The van der Waals surface area contributed by atoms with E-state index in [4.69, 9.17) is 9.47 Å². The van der Waals surface area contributed by atoms with Crippen molar-refractivity contribution in [1.29, 1.82) is 0 Å². The zero-order valence-electron chi connectivity index (χ0n) is 14.9. The fraction of sp³-hybridized carbons (Fsp3) is 0.579. The normalized spacial score (nSPS) is 25.8. The van der Waals surface area contributed by atoms with Crippen molar-refractivity contribution in [2.45, 2.75) is 32.2 Å². The number of carbonyl (C=O) groups is 2. The second kappa shape index (κ2) is 7.44. The molecule has 0 aliphatic carbocycles. The van der Waals surface area contributed by atoms with Gasteiger partial charge in [-0.25, -0.2) is 0 Å². The number of nitrogens with zero attached hydrogens (tertiary/aromatic N) is 1. The van der Waals surface area contributed by atoms with Crippen molar-refractivity contribution in [2.24, 2.45) is 5.92 Å². The fourth-order valence-electron chi connectivity index (χ4n) is 3.69. The van der Waals surface area contributed by atoms with Gasteiger partial charge in [-0.05, 0) is 32.0 Å². The lowest BCUT2D eigenvalue weighted by atomic mass is 9.87. The summed E-state index contributed by atoms with van der Waals surface area (Å²) in [6.07, 6.45) is 2.14. The van der Waals surface area contributed by atoms with E-state index in [0.29, 0.717) is 31.0 Å². The van der Waals surface area contributed by atoms with E-state index >= 15 is 0 Å². The zero-order valence-corrected chi connectivity index (χ0v) is 14.9. The highest BCUT2D eigenvalue weighted by atomic mass is 16.5. The molecule has 0 saturated carbocycles. The molecule has 3 rings (SSSR count). The van der Waals surface area contributed by atoms with Crippen LogP contribution in [0.3, 0.4) is 0 Å². The summed E-state index contributed by atoms with van der Waals surface area (Å²) in [7, 11) is 0. The molecule has 0 radical (unpaired) electrons. The summed E-state index contributed by atoms with van der Waals surface area (Å²) in [5, 5.41) is 3.10. The topological polar surface area (TPSA) is 67.9 Å². The van der Waals surface area contributed by atoms with Crippen LogP contribution in [-0.2, 0) is 9.53 Å². The Bertz CT molecular complexity index is 648. The molecule has 2 aliphatic heterocycles. The van der Waals surface area contributed by atoms with Crippen molar-refractivity contribution in [1.82, 2.24) is 10.2 Å². The van der Waals surface area contributed by atoms with Crippen molar-refractivity contribution < 1.29 is 19.1 Å². The largest absolute Gasteiger partial charge is 0.490 e. The van der Waals surface area contributed by atoms with E-state index in [1.54, 1.807) is 19.1 Å². The van der Waals surface area contributed by atoms with Gasteiger partial charge in [0.1, 0.15) is 17.9 Å². The van der Waals surface area contributed by atoms with Crippen molar-refractivity contribution in [3.8, 4) is 5.75 Å². The molecule has 25 heavy (non-hydrogen) atoms. The Morgan fingerprint density at radius 1 is 1.40 bits per heavy atom. The summed E-state index contributed by atoms with van der Waals surface area (Å²) >= 11 is 0. The molecule has 0 aromatic heterocycles. The lowest BCUT2D eigenvalue weighted by Crippen LogP contribution is -2.59. The molecule has 2 heterocycles. The predicted molar refractivity (Wildman–Crippen MR) is 93.6 cm³/mol. The van der Waals surface area contributed by atoms with Gasteiger partial charge in [-0.15, -0.1) is 0 Å². The Morgan fingerprint density at radius 2 is 2.20 bits per heavy atom. The number of esters is 1. The molecule has 0 unspecified atom stereocenters. The first kappa shape index (κ1) is 17.7. The maximum atomic E-state index is 12.8. The summed E-state index contributed by atoms with van der Waals surface area (Å²) in [6.45, 7) is 6.61. The number of likely N-dealkylation sites (tertiary alicyclic amines) is 1. The summed E-state index contributed by atoms with van der Waals surface area (Å²) in [5.41, 5.74) is -0.246. The molecular weight excluding hydrogens is 320 g/mol. The van der Waals surface area contributed by atoms with E-state index in [2.05, 4.69) is 17.1 Å². The van der Waals surface area contributed by atoms with Crippen molar-refractivity contribution in [3.63, 3.8) is 0 Å². The van der Waals surface area contributed by atoms with Crippen LogP contribution in [0.4, 0.5) is 0 Å². The van der Waals surface area contributed by atoms with E-state index in [1.165, 1.54) is 0 Å². The molecule has 136 valence electrons. The molecule has 6 nitrogen and oxygen atoms in total. The van der Waals surface area contributed by atoms with Gasteiger partial charge in [-0.3, -0.25) is 14.5 Å². The molecule has 1 N–H and O–H groups in total. The number of ether oxygens (including phenoxy) is 2. The van der Waals surface area contributed by atoms with Crippen LogP contribution in [0, 0.1) is 5.92 Å². The van der Waals surface area contributed by atoms with Crippen LogP contribution in [0.2, 0.25) is 0 Å². The molecule has 1 fully saturated rings. The Balaban J connectivity index is 1.88. The average Bonchev–Trinajstić information content (AvgIpc) is 2.89. The number of rotatable bonds is 5. The number of hydrogen-bond donors (Lipinski definition) is 1. The third-order valence-corrected chi connectivity index (χ3v) is 4.99. The highest BCUT2D eigenvalue weighted by Gasteiger charge is 2.53. The van der Waals surface area contributed by atoms with E-state index in [0.717, 1.165) is 19.4 Å². The summed E-state index contributed by atoms with van der Waals surface area (Å²) in [5.74, 6) is -0.329. The van der Waals surface area contributed by atoms with Gasteiger partial charge in [0.05, 0.1) is 18.1 Å². The molecule has 1 saturated heterocycles. The fourth-order valence-corrected chi connectivity index (χ4v) is 3.69. The Hall–Kier alpha value is -2.08. The van der Waals surface area contributed by atoms with Crippen molar-refractivity contribution in [3.05, 3.63) is 29.8 Å². The van der Waals surface area contributed by atoms with Gasteiger partial charge in [-0.2, -0.15) is 0 Å². The minimum atomic E-state index is -0.754. The molecule has 6 heteroatoms. The molecule has 1 aromatic rings. The number of unbranched alkanes of at least 4 members (excludes halogenated alkanes) is 1. The molecule has 2 aliphatic rings. The second-order valence-corrected chi connectivity index (χ2v) is 6.79. The van der Waals surface area contributed by atoms with Crippen LogP contribution in [0.5, 0.6) is 5.75 Å². The first-order valence-corrected chi connectivity index (χ1v) is 9.03. The first-order chi connectivity index (χ1) is 12.1. The third-order valence-electron chi connectivity index (χ3n) is 4.99. The molecule has 2 atom stereocenters. The van der Waals surface area contributed by atoms with E-state index in [-0.39, 0.29) is 18.5 Å². The highest BCUT2D eigenvalue weighted by molar-refractivity contribution is 5.98. The minimum Gasteiger partial charge on any atom is -0.490 e. The van der Waals surface area contributed by atoms with E-state index < -0.39 is 11.5 Å². The lowest BCUT2D eigenvalue weighted by Gasteiger charge is -2.32. The molecule has 0 bridgehead atoms. The Morgan fingerprint density at radius 3 is 2.96 bits per heavy atom. The molecule has 1 aromatic carbocycles. The SMILES string of the molecule is CCCCN1C[C@@H](C(=O)OCC)[C@@]2(COc3ccccc3C(=O)N2)C1. The van der Waals surface area contributed by atoms with Gasteiger partial charge >= 0.3 is 5.97 Å². The maximum Gasteiger partial charge on any atom is 0.312 e. The summed E-state index contributed by atoms with van der Waals surface area (Å²) < 4.78 is 11.2. The van der Waals surface area contributed by atoms with Crippen LogP contribution < -0.4 is 10.1 Å². The third kappa shape index (κ3) is 3.49. The van der Waals surface area contributed by atoms with Crippen molar-refractivity contribution in [2.75, 3.05) is 32.8 Å². The smallest absolute Gasteiger partial charge is 0.312 e. The summed E-state index contributed by atoms with van der Waals surface area (Å²) in [4.78, 5) is 27.6. The van der Waals surface area contributed by atoms with Crippen LogP contribution >= 0.6 is 0 Å².